The van der Waals surface area contributed by atoms with Gasteiger partial charge in [-0.1, -0.05) is 29.8 Å². The molecule has 0 aliphatic carbocycles. The first-order valence-corrected chi connectivity index (χ1v) is 7.78. The Hall–Kier alpha value is -0.800. The molecule has 4 nitrogen and oxygen atoms in total. The molecule has 6 heteroatoms. The zero-order valence-electron chi connectivity index (χ0n) is 11.0. The number of phosphoric ester groups is 1. The summed E-state index contributed by atoms with van der Waals surface area (Å²) in [4.78, 5) is 0. The van der Waals surface area contributed by atoms with Gasteiger partial charge in [-0.05, 0) is 32.4 Å². The maximum atomic E-state index is 12.5. The second-order valence-electron chi connectivity index (χ2n) is 4.03. The highest BCUT2D eigenvalue weighted by Gasteiger charge is 2.30. The number of phosphoric acid groups is 1. The lowest BCUT2D eigenvalue weighted by atomic mass is 10.3. The molecule has 0 fully saturated rings. The molecule has 0 aromatic heterocycles. The van der Waals surface area contributed by atoms with Gasteiger partial charge in [0.1, 0.15) is 5.75 Å². The molecule has 1 rings (SSSR count). The maximum absolute atomic E-state index is 12.5. The second-order valence-corrected chi connectivity index (χ2v) is 5.99. The fourth-order valence-corrected chi connectivity index (χ4v) is 2.85. The van der Waals surface area contributed by atoms with Crippen molar-refractivity contribution in [3.63, 3.8) is 0 Å². The van der Waals surface area contributed by atoms with Gasteiger partial charge in [0.15, 0.2) is 0 Å². The van der Waals surface area contributed by atoms with E-state index in [1.165, 1.54) is 0 Å². The van der Waals surface area contributed by atoms with E-state index < -0.39 is 7.82 Å². The largest absolute Gasteiger partial charge is 0.530 e. The van der Waals surface area contributed by atoms with Crippen molar-refractivity contribution in [2.24, 2.45) is 0 Å². The SMILES string of the molecule is C=CCCOP(=O)(Oc1ccccc1Cl)OC(C)C. The van der Waals surface area contributed by atoms with E-state index in [1.807, 2.05) is 0 Å². The Morgan fingerprint density at radius 2 is 2.11 bits per heavy atom. The molecule has 0 saturated carbocycles. The van der Waals surface area contributed by atoms with E-state index in [2.05, 4.69) is 6.58 Å². The van der Waals surface area contributed by atoms with Crippen molar-refractivity contribution in [2.75, 3.05) is 6.61 Å². The molecule has 0 N–H and O–H groups in total. The summed E-state index contributed by atoms with van der Waals surface area (Å²) in [6.45, 7) is 7.27. The van der Waals surface area contributed by atoms with E-state index in [9.17, 15) is 4.57 Å². The molecule has 0 aliphatic rings. The molecule has 0 amide bonds. The van der Waals surface area contributed by atoms with Crippen molar-refractivity contribution >= 4 is 19.4 Å². The predicted octanol–water partition coefficient (Wildman–Crippen LogP) is 4.84. The highest BCUT2D eigenvalue weighted by Crippen LogP contribution is 2.51. The van der Waals surface area contributed by atoms with Crippen LogP contribution >= 0.6 is 19.4 Å². The van der Waals surface area contributed by atoms with Gasteiger partial charge in [-0.15, -0.1) is 6.58 Å². The summed E-state index contributed by atoms with van der Waals surface area (Å²) in [6.07, 6.45) is 1.92. The Labute approximate surface area is 118 Å². The molecule has 1 aromatic carbocycles. The molecule has 0 heterocycles. The smallest absolute Gasteiger partial charge is 0.402 e. The van der Waals surface area contributed by atoms with Crippen LogP contribution in [0.1, 0.15) is 20.3 Å². The summed E-state index contributed by atoms with van der Waals surface area (Å²) < 4.78 is 28.3. The average molecular weight is 305 g/mol. The molecule has 1 unspecified atom stereocenters. The van der Waals surface area contributed by atoms with Crippen molar-refractivity contribution in [1.82, 2.24) is 0 Å². The van der Waals surface area contributed by atoms with Gasteiger partial charge in [0.05, 0.1) is 17.7 Å². The van der Waals surface area contributed by atoms with E-state index in [-0.39, 0.29) is 18.5 Å². The molecule has 19 heavy (non-hydrogen) atoms. The van der Waals surface area contributed by atoms with E-state index in [1.54, 1.807) is 44.2 Å². The molecular weight excluding hydrogens is 287 g/mol. The summed E-state index contributed by atoms with van der Waals surface area (Å²) in [5, 5.41) is 0.349. The summed E-state index contributed by atoms with van der Waals surface area (Å²) in [5.41, 5.74) is 0. The van der Waals surface area contributed by atoms with Crippen LogP contribution in [0.4, 0.5) is 0 Å². The van der Waals surface area contributed by atoms with Crippen LogP contribution < -0.4 is 4.52 Å². The second kappa shape index (κ2) is 7.71. The quantitative estimate of drug-likeness (QED) is 0.391. The van der Waals surface area contributed by atoms with Crippen LogP contribution in [0.15, 0.2) is 36.9 Å². The summed E-state index contributed by atoms with van der Waals surface area (Å²) in [7, 11) is -3.69. The Bertz CT molecular complexity index is 462. The van der Waals surface area contributed by atoms with Crippen LogP contribution in [0.25, 0.3) is 0 Å². The number of benzene rings is 1. The topological polar surface area (TPSA) is 44.8 Å². The third-order valence-corrected chi connectivity index (χ3v) is 3.87. The Morgan fingerprint density at radius 1 is 1.42 bits per heavy atom. The van der Waals surface area contributed by atoms with Gasteiger partial charge in [0, 0.05) is 0 Å². The number of para-hydroxylation sites is 1. The van der Waals surface area contributed by atoms with E-state index in [0.29, 0.717) is 11.4 Å². The standard InChI is InChI=1S/C13H18ClO4P/c1-4-5-10-16-19(15,17-11(2)3)18-13-9-7-6-8-12(13)14/h4,6-9,11H,1,5,10H2,2-3H3. The number of rotatable bonds is 8. The summed E-state index contributed by atoms with van der Waals surface area (Å²) in [6, 6.07) is 6.72. The number of hydrogen-bond acceptors (Lipinski definition) is 4. The Morgan fingerprint density at radius 3 is 2.68 bits per heavy atom. The van der Waals surface area contributed by atoms with Crippen molar-refractivity contribution in [1.29, 1.82) is 0 Å². The summed E-state index contributed by atoms with van der Waals surface area (Å²) >= 11 is 5.95. The van der Waals surface area contributed by atoms with Gasteiger partial charge >= 0.3 is 7.82 Å². The molecule has 0 bridgehead atoms. The summed E-state index contributed by atoms with van der Waals surface area (Å²) in [5.74, 6) is 0.270. The third kappa shape index (κ3) is 5.79. The van der Waals surface area contributed by atoms with Gasteiger partial charge in [-0.3, -0.25) is 9.05 Å². The molecule has 0 spiro atoms. The predicted molar refractivity (Wildman–Crippen MR) is 76.7 cm³/mol. The minimum absolute atomic E-state index is 0.206. The Balaban J connectivity index is 2.82. The average Bonchev–Trinajstić information content (AvgIpc) is 2.31. The van der Waals surface area contributed by atoms with E-state index >= 15 is 0 Å². The Kier molecular flexibility index (Phi) is 6.59. The number of halogens is 1. The highest BCUT2D eigenvalue weighted by atomic mass is 35.5. The third-order valence-electron chi connectivity index (χ3n) is 1.96. The molecule has 1 aromatic rings. The van der Waals surface area contributed by atoms with E-state index in [0.717, 1.165) is 0 Å². The first-order chi connectivity index (χ1) is 8.97. The van der Waals surface area contributed by atoms with E-state index in [4.69, 9.17) is 25.2 Å². The fourth-order valence-electron chi connectivity index (χ4n) is 1.22. The van der Waals surface area contributed by atoms with Crippen molar-refractivity contribution in [3.05, 3.63) is 41.9 Å². The van der Waals surface area contributed by atoms with Crippen LogP contribution in [0.2, 0.25) is 5.02 Å². The van der Waals surface area contributed by atoms with Crippen LogP contribution in [0.5, 0.6) is 5.75 Å². The lowest BCUT2D eigenvalue weighted by Gasteiger charge is -2.20. The van der Waals surface area contributed by atoms with Gasteiger partial charge in [0.2, 0.25) is 0 Å². The van der Waals surface area contributed by atoms with Crippen molar-refractivity contribution in [2.45, 2.75) is 26.4 Å². The molecule has 1 atom stereocenters. The van der Waals surface area contributed by atoms with Crippen LogP contribution in [-0.4, -0.2) is 12.7 Å². The molecule has 0 saturated heterocycles. The van der Waals surface area contributed by atoms with Gasteiger partial charge in [-0.2, -0.15) is 0 Å². The minimum Gasteiger partial charge on any atom is -0.402 e. The normalized spacial score (nSPS) is 14.1. The van der Waals surface area contributed by atoms with Gasteiger partial charge in [-0.25, -0.2) is 4.57 Å². The first kappa shape index (κ1) is 16.3. The van der Waals surface area contributed by atoms with Gasteiger partial charge in [0.25, 0.3) is 0 Å². The maximum Gasteiger partial charge on any atom is 0.530 e. The van der Waals surface area contributed by atoms with Crippen LogP contribution in [0.3, 0.4) is 0 Å². The van der Waals surface area contributed by atoms with Crippen molar-refractivity contribution < 1.29 is 18.1 Å². The van der Waals surface area contributed by atoms with Crippen LogP contribution in [0, 0.1) is 0 Å². The highest BCUT2D eigenvalue weighted by molar-refractivity contribution is 7.49. The zero-order chi connectivity index (χ0) is 14.3. The van der Waals surface area contributed by atoms with Crippen LogP contribution in [-0.2, 0) is 13.6 Å². The lowest BCUT2D eigenvalue weighted by molar-refractivity contribution is 0.127. The molecule has 0 radical (unpaired) electrons. The minimum atomic E-state index is -3.69. The lowest BCUT2D eigenvalue weighted by Crippen LogP contribution is -2.08. The molecule has 0 aliphatic heterocycles. The van der Waals surface area contributed by atoms with Crippen molar-refractivity contribution in [3.8, 4) is 5.75 Å². The zero-order valence-corrected chi connectivity index (χ0v) is 12.7. The monoisotopic (exact) mass is 304 g/mol. The molecule has 106 valence electrons. The molecular formula is C13H18ClO4P. The number of hydrogen-bond donors (Lipinski definition) is 0. The van der Waals surface area contributed by atoms with Gasteiger partial charge < -0.3 is 4.52 Å². The first-order valence-electron chi connectivity index (χ1n) is 5.95. The fraction of sp³-hybridized carbons (Fsp3) is 0.385.